The highest BCUT2D eigenvalue weighted by molar-refractivity contribution is 5.24. The van der Waals surface area contributed by atoms with Gasteiger partial charge in [-0.25, -0.2) is 0 Å². The summed E-state index contributed by atoms with van der Waals surface area (Å²) in [4.78, 5) is 0. The van der Waals surface area contributed by atoms with Gasteiger partial charge in [-0.1, -0.05) is 44.2 Å². The van der Waals surface area contributed by atoms with Crippen molar-refractivity contribution in [3.05, 3.63) is 35.4 Å². The van der Waals surface area contributed by atoms with Gasteiger partial charge in [0.15, 0.2) is 0 Å². The van der Waals surface area contributed by atoms with Crippen molar-refractivity contribution in [1.82, 2.24) is 0 Å². The standard InChI is InChI=1S/C14H17F3/c15-14(16,17)13-8-6-12(7-9-13)10-11-4-2-1-3-5-11/h6-9,11H,1-5,10H2. The molecule has 0 spiro atoms. The van der Waals surface area contributed by atoms with Gasteiger partial charge >= 0.3 is 6.18 Å². The predicted molar refractivity (Wildman–Crippen MR) is 61.7 cm³/mol. The predicted octanol–water partition coefficient (Wildman–Crippen LogP) is 4.83. The van der Waals surface area contributed by atoms with Gasteiger partial charge in [0.2, 0.25) is 0 Å². The Balaban J connectivity index is 1.98. The molecule has 17 heavy (non-hydrogen) atoms. The Morgan fingerprint density at radius 3 is 2.06 bits per heavy atom. The van der Waals surface area contributed by atoms with Crippen LogP contribution >= 0.6 is 0 Å². The molecule has 3 heteroatoms. The monoisotopic (exact) mass is 242 g/mol. The summed E-state index contributed by atoms with van der Waals surface area (Å²) in [6.45, 7) is 0. The molecule has 0 N–H and O–H groups in total. The normalized spacial score (nSPS) is 18.3. The summed E-state index contributed by atoms with van der Waals surface area (Å²) in [5.41, 5.74) is 0.481. The van der Waals surface area contributed by atoms with Crippen LogP contribution in [0.5, 0.6) is 0 Å². The molecule has 0 saturated heterocycles. The molecule has 1 aliphatic carbocycles. The first kappa shape index (κ1) is 12.5. The molecule has 0 radical (unpaired) electrons. The van der Waals surface area contributed by atoms with Crippen LogP contribution in [0.15, 0.2) is 24.3 Å². The quantitative estimate of drug-likeness (QED) is 0.697. The van der Waals surface area contributed by atoms with E-state index in [0.29, 0.717) is 5.92 Å². The number of hydrogen-bond donors (Lipinski definition) is 0. The highest BCUT2D eigenvalue weighted by Crippen LogP contribution is 2.31. The average Bonchev–Trinajstić information content (AvgIpc) is 2.30. The zero-order valence-electron chi connectivity index (χ0n) is 9.76. The first-order valence-electron chi connectivity index (χ1n) is 6.22. The first-order valence-corrected chi connectivity index (χ1v) is 6.22. The number of hydrogen-bond acceptors (Lipinski definition) is 0. The van der Waals surface area contributed by atoms with E-state index in [4.69, 9.17) is 0 Å². The largest absolute Gasteiger partial charge is 0.416 e. The average molecular weight is 242 g/mol. The number of rotatable bonds is 2. The van der Waals surface area contributed by atoms with Crippen molar-refractivity contribution in [2.24, 2.45) is 5.92 Å². The smallest absolute Gasteiger partial charge is 0.166 e. The van der Waals surface area contributed by atoms with E-state index in [2.05, 4.69) is 0 Å². The Morgan fingerprint density at radius 1 is 0.941 bits per heavy atom. The fraction of sp³-hybridized carbons (Fsp3) is 0.571. The summed E-state index contributed by atoms with van der Waals surface area (Å²) in [7, 11) is 0. The topological polar surface area (TPSA) is 0 Å². The summed E-state index contributed by atoms with van der Waals surface area (Å²) >= 11 is 0. The number of halogens is 3. The van der Waals surface area contributed by atoms with E-state index in [1.165, 1.54) is 44.2 Å². The van der Waals surface area contributed by atoms with Gasteiger partial charge in [0.1, 0.15) is 0 Å². The summed E-state index contributed by atoms with van der Waals surface area (Å²) in [6.07, 6.45) is 3.00. The van der Waals surface area contributed by atoms with Crippen LogP contribution in [-0.2, 0) is 12.6 Å². The van der Waals surface area contributed by atoms with E-state index < -0.39 is 11.7 Å². The lowest BCUT2D eigenvalue weighted by molar-refractivity contribution is -0.137. The number of alkyl halides is 3. The van der Waals surface area contributed by atoms with Crippen LogP contribution in [0, 0.1) is 5.92 Å². The van der Waals surface area contributed by atoms with Crippen LogP contribution in [0.3, 0.4) is 0 Å². The van der Waals surface area contributed by atoms with Crippen molar-refractivity contribution in [2.75, 3.05) is 0 Å². The lowest BCUT2D eigenvalue weighted by atomic mass is 9.85. The third-order valence-corrected chi connectivity index (χ3v) is 3.53. The Labute approximate surface area is 99.8 Å². The molecule has 0 nitrogen and oxygen atoms in total. The molecule has 0 aliphatic heterocycles. The van der Waals surface area contributed by atoms with Gasteiger partial charge in [0, 0.05) is 0 Å². The Morgan fingerprint density at radius 2 is 1.53 bits per heavy atom. The van der Waals surface area contributed by atoms with Crippen LogP contribution in [0.1, 0.15) is 43.2 Å². The van der Waals surface area contributed by atoms with E-state index in [0.717, 1.165) is 12.0 Å². The summed E-state index contributed by atoms with van der Waals surface area (Å²) in [5, 5.41) is 0. The minimum Gasteiger partial charge on any atom is -0.166 e. The highest BCUT2D eigenvalue weighted by Gasteiger charge is 2.30. The van der Waals surface area contributed by atoms with Crippen LogP contribution in [0.4, 0.5) is 13.2 Å². The van der Waals surface area contributed by atoms with E-state index in [9.17, 15) is 13.2 Å². The van der Waals surface area contributed by atoms with Crippen LogP contribution in [-0.4, -0.2) is 0 Å². The minimum atomic E-state index is -4.22. The molecule has 0 amide bonds. The van der Waals surface area contributed by atoms with Gasteiger partial charge in [0.25, 0.3) is 0 Å². The van der Waals surface area contributed by atoms with E-state index in [1.807, 2.05) is 0 Å². The molecule has 0 aromatic heterocycles. The molecule has 1 aromatic carbocycles. The van der Waals surface area contributed by atoms with Crippen LogP contribution in [0.2, 0.25) is 0 Å². The first-order chi connectivity index (χ1) is 8.05. The zero-order chi connectivity index (χ0) is 12.3. The van der Waals surface area contributed by atoms with Crippen molar-refractivity contribution in [2.45, 2.75) is 44.7 Å². The van der Waals surface area contributed by atoms with Crippen molar-refractivity contribution in [1.29, 1.82) is 0 Å². The fourth-order valence-electron chi connectivity index (χ4n) is 2.55. The summed E-state index contributed by atoms with van der Waals surface area (Å²) < 4.78 is 37.1. The van der Waals surface area contributed by atoms with Gasteiger partial charge in [-0.3, -0.25) is 0 Å². The third-order valence-electron chi connectivity index (χ3n) is 3.53. The summed E-state index contributed by atoms with van der Waals surface area (Å²) in [6, 6.07) is 5.63. The molecular formula is C14H17F3. The maximum atomic E-state index is 12.4. The lowest BCUT2D eigenvalue weighted by Gasteiger charge is -2.21. The maximum absolute atomic E-state index is 12.4. The molecule has 1 aromatic rings. The highest BCUT2D eigenvalue weighted by atomic mass is 19.4. The van der Waals surface area contributed by atoms with Gasteiger partial charge in [0.05, 0.1) is 5.56 Å². The van der Waals surface area contributed by atoms with E-state index in [1.54, 1.807) is 12.1 Å². The fourth-order valence-corrected chi connectivity index (χ4v) is 2.55. The summed E-state index contributed by atoms with van der Waals surface area (Å²) in [5.74, 6) is 0.667. The number of benzene rings is 1. The Bertz CT molecular complexity index is 345. The molecule has 94 valence electrons. The second-order valence-corrected chi connectivity index (χ2v) is 4.90. The van der Waals surface area contributed by atoms with Crippen LogP contribution in [0.25, 0.3) is 0 Å². The second-order valence-electron chi connectivity index (χ2n) is 4.90. The molecule has 1 fully saturated rings. The molecule has 0 heterocycles. The maximum Gasteiger partial charge on any atom is 0.416 e. The van der Waals surface area contributed by atoms with Crippen molar-refractivity contribution < 1.29 is 13.2 Å². The van der Waals surface area contributed by atoms with E-state index in [-0.39, 0.29) is 0 Å². The third kappa shape index (κ3) is 3.48. The van der Waals surface area contributed by atoms with E-state index >= 15 is 0 Å². The van der Waals surface area contributed by atoms with Crippen molar-refractivity contribution >= 4 is 0 Å². The van der Waals surface area contributed by atoms with Gasteiger partial charge in [-0.2, -0.15) is 13.2 Å². The molecule has 1 saturated carbocycles. The molecule has 0 atom stereocenters. The molecule has 0 bridgehead atoms. The van der Waals surface area contributed by atoms with Crippen LogP contribution < -0.4 is 0 Å². The SMILES string of the molecule is FC(F)(F)c1ccc(CC2CCCCC2)cc1. The Hall–Kier alpha value is -0.990. The molecule has 1 aliphatic rings. The molecule has 2 rings (SSSR count). The van der Waals surface area contributed by atoms with Gasteiger partial charge in [-0.15, -0.1) is 0 Å². The second kappa shape index (κ2) is 5.11. The zero-order valence-corrected chi connectivity index (χ0v) is 9.76. The molecule has 0 unspecified atom stereocenters. The minimum absolute atomic E-state index is 0.551. The van der Waals surface area contributed by atoms with Gasteiger partial charge < -0.3 is 0 Å². The lowest BCUT2D eigenvalue weighted by Crippen LogP contribution is -2.10. The Kier molecular flexibility index (Phi) is 3.75. The van der Waals surface area contributed by atoms with Crippen molar-refractivity contribution in [3.63, 3.8) is 0 Å². The van der Waals surface area contributed by atoms with Gasteiger partial charge in [-0.05, 0) is 30.0 Å². The van der Waals surface area contributed by atoms with Crippen molar-refractivity contribution in [3.8, 4) is 0 Å². The molecular weight excluding hydrogens is 225 g/mol.